The maximum absolute atomic E-state index is 5.90. The van der Waals surface area contributed by atoms with Crippen LogP contribution in [0, 0.1) is 0 Å². The first-order valence-corrected chi connectivity index (χ1v) is 5.80. The molecule has 0 bridgehead atoms. The molecule has 0 saturated carbocycles. The normalized spacial score (nSPS) is 36.6. The molecular weight excluding hydrogens is 194 g/mol. The average Bonchev–Trinajstić information content (AvgIpc) is 2.66. The molecule has 0 aromatic heterocycles. The molecule has 1 spiro atoms. The minimum Gasteiger partial charge on any atom is -0.378 e. The Morgan fingerprint density at radius 1 is 1.47 bits per heavy atom. The quantitative estimate of drug-likeness (QED) is 0.746. The molecule has 2 rings (SSSR count). The van der Waals surface area contributed by atoms with Gasteiger partial charge in [0.1, 0.15) is 5.60 Å². The third-order valence-corrected chi connectivity index (χ3v) is 3.13. The van der Waals surface area contributed by atoms with Crippen molar-refractivity contribution in [2.75, 3.05) is 33.0 Å². The maximum atomic E-state index is 5.90. The van der Waals surface area contributed by atoms with Gasteiger partial charge in [0.25, 0.3) is 0 Å². The van der Waals surface area contributed by atoms with Crippen LogP contribution in [-0.2, 0) is 14.2 Å². The Kier molecular flexibility index (Phi) is 3.61. The lowest BCUT2D eigenvalue weighted by molar-refractivity contribution is -0.118. The van der Waals surface area contributed by atoms with E-state index >= 15 is 0 Å². The summed E-state index contributed by atoms with van der Waals surface area (Å²) < 4.78 is 17.0. The Bertz CT molecular complexity index is 202. The van der Waals surface area contributed by atoms with Crippen LogP contribution in [0.15, 0.2) is 0 Å². The largest absolute Gasteiger partial charge is 0.378 e. The molecule has 2 atom stereocenters. The number of rotatable bonds is 3. The third-order valence-electron chi connectivity index (χ3n) is 3.13. The second-order valence-electron chi connectivity index (χ2n) is 4.60. The number of hydrogen-bond donors (Lipinski definition) is 1. The summed E-state index contributed by atoms with van der Waals surface area (Å²) in [5.74, 6) is 0. The van der Waals surface area contributed by atoms with Gasteiger partial charge in [-0.05, 0) is 13.8 Å². The average molecular weight is 215 g/mol. The van der Waals surface area contributed by atoms with Gasteiger partial charge in [0.05, 0.1) is 32.0 Å². The molecule has 88 valence electrons. The van der Waals surface area contributed by atoms with Gasteiger partial charge in [0.2, 0.25) is 0 Å². The summed E-state index contributed by atoms with van der Waals surface area (Å²) in [5, 5.41) is 3.48. The van der Waals surface area contributed by atoms with Gasteiger partial charge < -0.3 is 19.5 Å². The molecule has 15 heavy (non-hydrogen) atoms. The zero-order valence-electron chi connectivity index (χ0n) is 9.62. The van der Waals surface area contributed by atoms with Crippen LogP contribution in [-0.4, -0.2) is 50.7 Å². The van der Waals surface area contributed by atoms with Crippen molar-refractivity contribution >= 4 is 0 Å². The summed E-state index contributed by atoms with van der Waals surface area (Å²) in [6.07, 6.45) is 1.25. The van der Waals surface area contributed by atoms with Crippen LogP contribution in [0.25, 0.3) is 0 Å². The molecule has 2 unspecified atom stereocenters. The van der Waals surface area contributed by atoms with Crippen LogP contribution in [0.2, 0.25) is 0 Å². The van der Waals surface area contributed by atoms with Gasteiger partial charge >= 0.3 is 0 Å². The van der Waals surface area contributed by atoms with Crippen molar-refractivity contribution in [2.45, 2.75) is 38.0 Å². The van der Waals surface area contributed by atoms with Crippen LogP contribution in [0.4, 0.5) is 0 Å². The lowest BCUT2D eigenvalue weighted by atomic mass is 9.92. The van der Waals surface area contributed by atoms with E-state index in [0.29, 0.717) is 13.2 Å². The first kappa shape index (κ1) is 11.3. The maximum Gasteiger partial charge on any atom is 0.111 e. The van der Waals surface area contributed by atoms with Gasteiger partial charge in [-0.1, -0.05) is 0 Å². The van der Waals surface area contributed by atoms with Crippen LogP contribution < -0.4 is 5.32 Å². The van der Waals surface area contributed by atoms with E-state index in [2.05, 4.69) is 19.2 Å². The predicted octanol–water partition coefficient (Wildman–Crippen LogP) is 0.559. The van der Waals surface area contributed by atoms with Crippen LogP contribution in [0.1, 0.15) is 20.3 Å². The van der Waals surface area contributed by atoms with Crippen molar-refractivity contribution in [2.24, 2.45) is 0 Å². The molecule has 0 aromatic carbocycles. The monoisotopic (exact) mass is 215 g/mol. The van der Waals surface area contributed by atoms with Crippen LogP contribution in [0.5, 0.6) is 0 Å². The summed E-state index contributed by atoms with van der Waals surface area (Å²) in [6.45, 7) is 8.02. The summed E-state index contributed by atoms with van der Waals surface area (Å²) in [5.41, 5.74) is -0.132. The Morgan fingerprint density at radius 3 is 3.00 bits per heavy atom. The van der Waals surface area contributed by atoms with E-state index in [0.717, 1.165) is 26.2 Å². The molecule has 4 nitrogen and oxygen atoms in total. The zero-order chi connectivity index (χ0) is 10.7. The smallest absolute Gasteiger partial charge is 0.111 e. The number of hydrogen-bond acceptors (Lipinski definition) is 4. The second kappa shape index (κ2) is 4.78. The van der Waals surface area contributed by atoms with Crippen molar-refractivity contribution in [3.05, 3.63) is 0 Å². The Morgan fingerprint density at radius 2 is 2.33 bits per heavy atom. The lowest BCUT2D eigenvalue weighted by Gasteiger charge is -2.40. The highest BCUT2D eigenvalue weighted by Crippen LogP contribution is 2.29. The summed E-state index contributed by atoms with van der Waals surface area (Å²) in [4.78, 5) is 0. The molecule has 2 aliphatic heterocycles. The Labute approximate surface area is 91.3 Å². The van der Waals surface area contributed by atoms with Crippen molar-refractivity contribution < 1.29 is 14.2 Å². The van der Waals surface area contributed by atoms with Gasteiger partial charge in [-0.25, -0.2) is 0 Å². The fourth-order valence-corrected chi connectivity index (χ4v) is 2.22. The molecule has 0 amide bonds. The molecular formula is C11H21NO3. The Balaban J connectivity index is 1.93. The van der Waals surface area contributed by atoms with E-state index < -0.39 is 0 Å². The first-order chi connectivity index (χ1) is 7.23. The highest BCUT2D eigenvalue weighted by Gasteiger charge is 2.45. The van der Waals surface area contributed by atoms with Crippen molar-refractivity contribution in [1.29, 1.82) is 0 Å². The Hall–Kier alpha value is -0.160. The number of ether oxygens (including phenoxy) is 3. The standard InChI is InChI=1S/C11H21NO3/c1-9(2)14-7-10-11(3-5-13-8-11)15-6-4-12-10/h9-10,12H,3-8H2,1-2H3. The fraction of sp³-hybridized carbons (Fsp3) is 1.00. The van der Waals surface area contributed by atoms with E-state index in [1.807, 2.05) is 0 Å². The van der Waals surface area contributed by atoms with E-state index in [1.54, 1.807) is 0 Å². The van der Waals surface area contributed by atoms with Crippen LogP contribution in [0.3, 0.4) is 0 Å². The van der Waals surface area contributed by atoms with E-state index in [4.69, 9.17) is 14.2 Å². The molecule has 4 heteroatoms. The van der Waals surface area contributed by atoms with Crippen molar-refractivity contribution in [3.63, 3.8) is 0 Å². The SMILES string of the molecule is CC(C)OCC1NCCOC12CCOC2. The van der Waals surface area contributed by atoms with Gasteiger partial charge in [-0.2, -0.15) is 0 Å². The van der Waals surface area contributed by atoms with Crippen molar-refractivity contribution in [1.82, 2.24) is 5.32 Å². The fourth-order valence-electron chi connectivity index (χ4n) is 2.22. The first-order valence-electron chi connectivity index (χ1n) is 5.80. The molecule has 2 fully saturated rings. The minimum atomic E-state index is -0.132. The number of nitrogens with one attached hydrogen (secondary N) is 1. The molecule has 0 aliphatic carbocycles. The van der Waals surface area contributed by atoms with Gasteiger partial charge in [-0.15, -0.1) is 0 Å². The molecule has 0 radical (unpaired) electrons. The zero-order valence-corrected chi connectivity index (χ0v) is 9.62. The van der Waals surface area contributed by atoms with Gasteiger partial charge in [-0.3, -0.25) is 0 Å². The van der Waals surface area contributed by atoms with E-state index in [1.165, 1.54) is 0 Å². The summed E-state index contributed by atoms with van der Waals surface area (Å²) in [7, 11) is 0. The molecule has 0 aromatic rings. The van der Waals surface area contributed by atoms with E-state index in [-0.39, 0.29) is 17.7 Å². The van der Waals surface area contributed by atoms with Gasteiger partial charge in [0, 0.05) is 19.6 Å². The molecule has 2 saturated heterocycles. The summed E-state index contributed by atoms with van der Waals surface area (Å²) >= 11 is 0. The molecule has 2 heterocycles. The lowest BCUT2D eigenvalue weighted by Crippen LogP contribution is -2.60. The third kappa shape index (κ3) is 2.50. The number of morpholine rings is 1. The highest BCUT2D eigenvalue weighted by atomic mass is 16.6. The topological polar surface area (TPSA) is 39.7 Å². The van der Waals surface area contributed by atoms with Gasteiger partial charge in [0.15, 0.2) is 0 Å². The summed E-state index contributed by atoms with van der Waals surface area (Å²) in [6, 6.07) is 0.274. The molecule has 2 aliphatic rings. The highest BCUT2D eigenvalue weighted by molar-refractivity contribution is 4.98. The second-order valence-corrected chi connectivity index (χ2v) is 4.60. The van der Waals surface area contributed by atoms with E-state index in [9.17, 15) is 0 Å². The van der Waals surface area contributed by atoms with Crippen molar-refractivity contribution in [3.8, 4) is 0 Å². The minimum absolute atomic E-state index is 0.132. The van der Waals surface area contributed by atoms with Crippen LogP contribution >= 0.6 is 0 Å². The molecule has 1 N–H and O–H groups in total. The predicted molar refractivity (Wildman–Crippen MR) is 57.0 cm³/mol.